The van der Waals surface area contributed by atoms with Crippen molar-refractivity contribution in [1.82, 2.24) is 30.0 Å². The van der Waals surface area contributed by atoms with Crippen LogP contribution in [0.1, 0.15) is 141 Å². The van der Waals surface area contributed by atoms with E-state index in [1.165, 1.54) is 38.5 Å². The molecule has 2 atom stereocenters. The zero-order chi connectivity index (χ0) is 40.0. The molecule has 0 aliphatic carbocycles. The number of unbranched alkanes of at least 4 members (excludes halogenated alkanes) is 12. The molecule has 2 heterocycles. The summed E-state index contributed by atoms with van der Waals surface area (Å²) in [5.74, 6) is 0.864. The van der Waals surface area contributed by atoms with Crippen molar-refractivity contribution in [2.45, 2.75) is 161 Å². The van der Waals surface area contributed by atoms with Gasteiger partial charge in [-0.25, -0.2) is 0 Å². The first-order valence-corrected chi connectivity index (χ1v) is 25.3. The van der Waals surface area contributed by atoms with Gasteiger partial charge in [0, 0.05) is 38.3 Å². The van der Waals surface area contributed by atoms with Gasteiger partial charge in [-0.15, -0.1) is 10.2 Å². The largest absolute Gasteiger partial charge is 0.462 e. The van der Waals surface area contributed by atoms with E-state index in [4.69, 9.17) is 14.0 Å². The number of esters is 2. The first kappa shape index (κ1) is 49.2. The van der Waals surface area contributed by atoms with Gasteiger partial charge >= 0.3 is 19.5 Å². The van der Waals surface area contributed by atoms with E-state index >= 15 is 0 Å². The van der Waals surface area contributed by atoms with Crippen molar-refractivity contribution in [3.8, 4) is 0 Å². The van der Waals surface area contributed by atoms with E-state index in [9.17, 15) is 19.0 Å². The third-order valence-corrected chi connectivity index (χ3v) is 12.2. The summed E-state index contributed by atoms with van der Waals surface area (Å²) in [6, 6.07) is 0. The molecule has 16 heteroatoms. The van der Waals surface area contributed by atoms with Crippen molar-refractivity contribution in [3.63, 3.8) is 0 Å². The van der Waals surface area contributed by atoms with Crippen LogP contribution in [-0.4, -0.2) is 96.3 Å². The predicted molar refractivity (Wildman–Crippen MR) is 224 cm³/mol. The fourth-order valence-corrected chi connectivity index (χ4v) is 8.52. The highest BCUT2D eigenvalue weighted by Gasteiger charge is 2.30. The smallest absolute Gasteiger partial charge is 0.328 e. The van der Waals surface area contributed by atoms with Crippen molar-refractivity contribution in [2.24, 2.45) is 5.92 Å². The molecule has 0 spiro atoms. The summed E-state index contributed by atoms with van der Waals surface area (Å²) in [7, 11) is -4.22. The van der Waals surface area contributed by atoms with Gasteiger partial charge in [0.2, 0.25) is 0 Å². The van der Waals surface area contributed by atoms with Crippen LogP contribution >= 0.6 is 31.1 Å². The van der Waals surface area contributed by atoms with Crippen LogP contribution < -0.4 is 0 Å². The van der Waals surface area contributed by atoms with Crippen molar-refractivity contribution in [3.05, 3.63) is 23.8 Å². The third-order valence-electron chi connectivity index (χ3n) is 9.29. The first-order valence-electron chi connectivity index (χ1n) is 20.7. The zero-order valence-electron chi connectivity index (χ0n) is 34.2. The van der Waals surface area contributed by atoms with Crippen LogP contribution in [0.15, 0.2) is 12.4 Å². The number of aryl methyl sites for hydroxylation is 2. The van der Waals surface area contributed by atoms with Gasteiger partial charge in [0.15, 0.2) is 6.10 Å². The van der Waals surface area contributed by atoms with Gasteiger partial charge < -0.3 is 18.9 Å². The lowest BCUT2D eigenvalue weighted by Crippen LogP contribution is -2.30. The number of carbonyl (C=O) groups is 2. The standard InChI is InChI=1S/C39H71N6O7PS2/c1-5-7-9-11-13-15-17-21-38(46)50-31-37(52-39(47)22-18-16-14-12-10-8-6-2)32-51-53(48,49)33-34(27-35-29-44(42-40-35)23-19-25-54-3)28-36-30-45(43-41-36)24-20-26-55-4/h29-30,34,37H,5-28,31-33H2,1-4H3,(H,48,49). The summed E-state index contributed by atoms with van der Waals surface area (Å²) in [6.07, 6.45) is 24.9. The first-order chi connectivity index (χ1) is 26.7. The van der Waals surface area contributed by atoms with Crippen molar-refractivity contribution >= 4 is 43.1 Å². The lowest BCUT2D eigenvalue weighted by atomic mass is 10.0. The van der Waals surface area contributed by atoms with Crippen LogP contribution in [0, 0.1) is 5.92 Å². The molecule has 2 aromatic rings. The minimum atomic E-state index is -4.22. The molecule has 2 unspecified atom stereocenters. The fourth-order valence-electron chi connectivity index (χ4n) is 6.27. The van der Waals surface area contributed by atoms with Crippen LogP contribution in [-0.2, 0) is 54.1 Å². The normalized spacial score (nSPS) is 13.3. The molecule has 0 fully saturated rings. The van der Waals surface area contributed by atoms with E-state index in [-0.39, 0.29) is 44.1 Å². The molecule has 13 nitrogen and oxygen atoms in total. The van der Waals surface area contributed by atoms with Gasteiger partial charge in [-0.05, 0) is 68.5 Å². The van der Waals surface area contributed by atoms with Crippen LogP contribution in [0.5, 0.6) is 0 Å². The average molecular weight is 831 g/mol. The highest BCUT2D eigenvalue weighted by molar-refractivity contribution is 7.98. The number of thioether (sulfide) groups is 2. The molecule has 0 saturated heterocycles. The van der Waals surface area contributed by atoms with Gasteiger partial charge in [0.05, 0.1) is 24.2 Å². The molecule has 0 saturated carbocycles. The second-order valence-corrected chi connectivity index (χ2v) is 18.4. The van der Waals surface area contributed by atoms with Crippen LogP contribution in [0.25, 0.3) is 0 Å². The van der Waals surface area contributed by atoms with E-state index in [1.54, 1.807) is 32.9 Å². The minimum Gasteiger partial charge on any atom is -0.462 e. The van der Waals surface area contributed by atoms with E-state index in [0.717, 1.165) is 82.4 Å². The Kier molecular flexibility index (Phi) is 27.8. The Bertz CT molecular complexity index is 1280. The fraction of sp³-hybridized carbons (Fsp3) is 0.846. The number of hydrogen-bond donors (Lipinski definition) is 1. The van der Waals surface area contributed by atoms with E-state index in [2.05, 4.69) is 47.0 Å². The Morgan fingerprint density at radius 3 is 1.67 bits per heavy atom. The van der Waals surface area contributed by atoms with Gasteiger partial charge in [0.1, 0.15) is 6.61 Å². The molecule has 0 aliphatic heterocycles. The number of nitrogens with zero attached hydrogens (tertiary/aromatic N) is 6. The summed E-state index contributed by atoms with van der Waals surface area (Å²) in [5.41, 5.74) is 1.43. The third kappa shape index (κ3) is 25.1. The molecule has 0 bridgehead atoms. The Morgan fingerprint density at radius 1 is 0.709 bits per heavy atom. The Hall–Kier alpha value is -1.93. The zero-order valence-corrected chi connectivity index (χ0v) is 36.8. The molecule has 2 rings (SSSR count). The molecule has 0 aliphatic rings. The van der Waals surface area contributed by atoms with Gasteiger partial charge in [0.25, 0.3) is 0 Å². The number of rotatable bonds is 36. The van der Waals surface area contributed by atoms with Crippen molar-refractivity contribution in [2.75, 3.05) is 43.4 Å². The average Bonchev–Trinajstić information content (AvgIpc) is 3.80. The highest BCUT2D eigenvalue weighted by Crippen LogP contribution is 2.45. The molecular weight excluding hydrogens is 760 g/mol. The Morgan fingerprint density at radius 2 is 1.18 bits per heavy atom. The lowest BCUT2D eigenvalue weighted by Gasteiger charge is -2.22. The van der Waals surface area contributed by atoms with Gasteiger partial charge in [-0.3, -0.25) is 23.5 Å². The van der Waals surface area contributed by atoms with Crippen LogP contribution in [0.3, 0.4) is 0 Å². The molecule has 1 N–H and O–H groups in total. The number of aromatic nitrogens is 6. The number of hydrogen-bond acceptors (Lipinski definition) is 12. The predicted octanol–water partition coefficient (Wildman–Crippen LogP) is 8.72. The quantitative estimate of drug-likeness (QED) is 0.0395. The molecule has 0 radical (unpaired) electrons. The van der Waals surface area contributed by atoms with E-state index in [0.29, 0.717) is 30.7 Å². The summed E-state index contributed by atoms with van der Waals surface area (Å²) in [4.78, 5) is 36.6. The molecular formula is C39H71N6O7PS2. The lowest BCUT2D eigenvalue weighted by molar-refractivity contribution is -0.161. The molecule has 2 aromatic heterocycles. The number of carbonyl (C=O) groups excluding carboxylic acids is 2. The summed E-state index contributed by atoms with van der Waals surface area (Å²) >= 11 is 3.56. The van der Waals surface area contributed by atoms with E-state index < -0.39 is 19.7 Å². The summed E-state index contributed by atoms with van der Waals surface area (Å²) < 4.78 is 34.1. The van der Waals surface area contributed by atoms with Crippen LogP contribution in [0.2, 0.25) is 0 Å². The minimum absolute atomic E-state index is 0.178. The van der Waals surface area contributed by atoms with Gasteiger partial charge in [-0.1, -0.05) is 101 Å². The maximum atomic E-state index is 13.7. The maximum Gasteiger partial charge on any atom is 0.328 e. The topological polar surface area (TPSA) is 161 Å². The highest BCUT2D eigenvalue weighted by atomic mass is 32.2. The molecule has 0 amide bonds. The SMILES string of the molecule is CCCCCCCCCC(=O)OCC(COP(=O)(O)CC(Cc1cn(CCCSC)nn1)Cc1cn(CCCSC)nn1)OC(=O)CCCCCCCCC. The monoisotopic (exact) mass is 830 g/mol. The Labute approximate surface area is 339 Å². The Balaban J connectivity index is 2.05. The number of ether oxygens (including phenoxy) is 2. The van der Waals surface area contributed by atoms with Gasteiger partial charge in [-0.2, -0.15) is 23.5 Å². The van der Waals surface area contributed by atoms with Crippen molar-refractivity contribution in [1.29, 1.82) is 0 Å². The summed E-state index contributed by atoms with van der Waals surface area (Å²) in [6.45, 7) is 5.25. The molecule has 55 heavy (non-hydrogen) atoms. The summed E-state index contributed by atoms with van der Waals surface area (Å²) in [5, 5.41) is 17.2. The van der Waals surface area contributed by atoms with E-state index in [1.807, 2.05) is 12.4 Å². The second kappa shape index (κ2) is 31.1. The maximum absolute atomic E-state index is 13.7. The van der Waals surface area contributed by atoms with Crippen molar-refractivity contribution < 1.29 is 33.0 Å². The van der Waals surface area contributed by atoms with Crippen LogP contribution in [0.4, 0.5) is 0 Å². The molecule has 316 valence electrons. The molecule has 0 aromatic carbocycles. The second-order valence-electron chi connectivity index (χ2n) is 14.6.